The number of carbonyl (C=O) groups excluding carboxylic acids is 2. The highest BCUT2D eigenvalue weighted by Crippen LogP contribution is 2.29. The Balaban J connectivity index is 1.89. The number of aryl methyl sites for hydroxylation is 1. The van der Waals surface area contributed by atoms with E-state index < -0.39 is 6.04 Å². The Hall–Kier alpha value is -3.51. The Bertz CT molecular complexity index is 1230. The molecule has 0 bridgehead atoms. The maximum Gasteiger partial charge on any atom is 0.243 e. The Morgan fingerprint density at radius 3 is 2.23 bits per heavy atom. The summed E-state index contributed by atoms with van der Waals surface area (Å²) in [5, 5.41) is 3.65. The molecule has 0 radical (unpaired) electrons. The predicted octanol–water partition coefficient (Wildman–Crippen LogP) is 6.48. The summed E-state index contributed by atoms with van der Waals surface area (Å²) in [6, 6.07) is 22.3. The fourth-order valence-corrected chi connectivity index (χ4v) is 4.67. The fourth-order valence-electron chi connectivity index (χ4n) is 4.45. The van der Waals surface area contributed by atoms with Gasteiger partial charge in [-0.3, -0.25) is 9.59 Å². The number of ether oxygens (including phenoxy) is 2. The van der Waals surface area contributed by atoms with Gasteiger partial charge in [0.05, 0.1) is 13.2 Å². The van der Waals surface area contributed by atoms with Crippen LogP contribution in [-0.2, 0) is 29.0 Å². The average Bonchev–Trinajstić information content (AvgIpc) is 2.94. The van der Waals surface area contributed by atoms with Crippen LogP contribution < -0.4 is 14.8 Å². The van der Waals surface area contributed by atoms with Crippen LogP contribution >= 0.6 is 11.6 Å². The lowest BCUT2D eigenvalue weighted by atomic mass is 10.0. The van der Waals surface area contributed by atoms with Crippen LogP contribution in [0.15, 0.2) is 72.8 Å². The normalized spacial score (nSPS) is 11.7. The minimum Gasteiger partial charge on any atom is -0.490 e. The molecular weight excluding hydrogens is 524 g/mol. The second-order valence-corrected chi connectivity index (χ2v) is 10.6. The van der Waals surface area contributed by atoms with E-state index in [1.165, 1.54) is 0 Å². The Kier molecular flexibility index (Phi) is 12.4. The van der Waals surface area contributed by atoms with Gasteiger partial charge in [-0.05, 0) is 67.1 Å². The highest BCUT2D eigenvalue weighted by molar-refractivity contribution is 6.30. The second kappa shape index (κ2) is 15.9. The molecule has 0 heterocycles. The molecule has 2 amide bonds. The average molecular weight is 565 g/mol. The summed E-state index contributed by atoms with van der Waals surface area (Å²) in [7, 11) is 0. The van der Waals surface area contributed by atoms with Crippen molar-refractivity contribution >= 4 is 23.4 Å². The van der Waals surface area contributed by atoms with Crippen molar-refractivity contribution in [3.8, 4) is 11.5 Å². The molecule has 1 N–H and O–H groups in total. The first kappa shape index (κ1) is 31.0. The van der Waals surface area contributed by atoms with Crippen LogP contribution in [0.4, 0.5) is 0 Å². The molecule has 0 spiro atoms. The van der Waals surface area contributed by atoms with E-state index in [0.29, 0.717) is 49.1 Å². The maximum atomic E-state index is 13.9. The van der Waals surface area contributed by atoms with E-state index in [9.17, 15) is 9.59 Å². The van der Waals surface area contributed by atoms with Crippen LogP contribution in [0.25, 0.3) is 0 Å². The van der Waals surface area contributed by atoms with Crippen molar-refractivity contribution in [1.82, 2.24) is 10.2 Å². The van der Waals surface area contributed by atoms with Crippen LogP contribution in [0.1, 0.15) is 50.8 Å². The molecule has 3 rings (SSSR count). The zero-order valence-electron chi connectivity index (χ0n) is 24.0. The van der Waals surface area contributed by atoms with Crippen molar-refractivity contribution in [3.05, 3.63) is 94.5 Å². The summed E-state index contributed by atoms with van der Waals surface area (Å²) in [6.45, 7) is 9.83. The minimum atomic E-state index is -0.674. The Morgan fingerprint density at radius 1 is 0.850 bits per heavy atom. The highest BCUT2D eigenvalue weighted by atomic mass is 35.5. The van der Waals surface area contributed by atoms with Crippen molar-refractivity contribution in [2.45, 2.75) is 59.5 Å². The van der Waals surface area contributed by atoms with Gasteiger partial charge in [0, 0.05) is 31.0 Å². The number of nitrogens with zero attached hydrogens (tertiary/aromatic N) is 1. The van der Waals surface area contributed by atoms with E-state index in [1.54, 1.807) is 11.0 Å². The third kappa shape index (κ3) is 9.60. The Morgan fingerprint density at radius 2 is 1.55 bits per heavy atom. The second-order valence-electron chi connectivity index (χ2n) is 10.1. The molecule has 0 saturated carbocycles. The van der Waals surface area contributed by atoms with E-state index in [0.717, 1.165) is 16.7 Å². The smallest absolute Gasteiger partial charge is 0.243 e. The van der Waals surface area contributed by atoms with Gasteiger partial charge in [0.25, 0.3) is 0 Å². The maximum absolute atomic E-state index is 13.9. The predicted molar refractivity (Wildman–Crippen MR) is 161 cm³/mol. The van der Waals surface area contributed by atoms with Crippen molar-refractivity contribution in [2.75, 3.05) is 19.8 Å². The molecule has 0 saturated heterocycles. The largest absolute Gasteiger partial charge is 0.490 e. The molecular formula is C33H41ClN2O4. The van der Waals surface area contributed by atoms with Gasteiger partial charge in [0.2, 0.25) is 11.8 Å². The SMILES string of the molecule is CCOc1ccc(CCC(=O)N(Cc2cccc(Cl)c2)C(Cc2ccccc2)C(=O)NCC(C)C)cc1OCC. The van der Waals surface area contributed by atoms with Crippen molar-refractivity contribution in [3.63, 3.8) is 0 Å². The molecule has 1 unspecified atom stereocenters. The van der Waals surface area contributed by atoms with Gasteiger partial charge in [0.1, 0.15) is 6.04 Å². The van der Waals surface area contributed by atoms with Gasteiger partial charge in [0.15, 0.2) is 11.5 Å². The van der Waals surface area contributed by atoms with Gasteiger partial charge < -0.3 is 19.7 Å². The van der Waals surface area contributed by atoms with Gasteiger partial charge in [-0.1, -0.05) is 74.0 Å². The molecule has 6 nitrogen and oxygen atoms in total. The number of hydrogen-bond donors (Lipinski definition) is 1. The van der Waals surface area contributed by atoms with Crippen molar-refractivity contribution in [1.29, 1.82) is 0 Å². The monoisotopic (exact) mass is 564 g/mol. The number of rotatable bonds is 15. The van der Waals surface area contributed by atoms with Crippen LogP contribution in [0.3, 0.4) is 0 Å². The van der Waals surface area contributed by atoms with Gasteiger partial charge in [-0.25, -0.2) is 0 Å². The van der Waals surface area contributed by atoms with Crippen LogP contribution in [0.5, 0.6) is 11.5 Å². The zero-order chi connectivity index (χ0) is 28.9. The number of hydrogen-bond acceptors (Lipinski definition) is 4. The zero-order valence-corrected chi connectivity index (χ0v) is 24.7. The lowest BCUT2D eigenvalue weighted by Gasteiger charge is -2.32. The van der Waals surface area contributed by atoms with E-state index in [1.807, 2.05) is 80.6 Å². The van der Waals surface area contributed by atoms with Crippen LogP contribution in [0, 0.1) is 5.92 Å². The van der Waals surface area contributed by atoms with Gasteiger partial charge >= 0.3 is 0 Å². The van der Waals surface area contributed by atoms with E-state index in [2.05, 4.69) is 19.2 Å². The standard InChI is InChI=1S/C33H41ClN2O4/c1-5-39-30-17-15-26(21-31(30)40-6-2)16-18-32(37)36(23-27-13-10-14-28(34)19-27)29(33(38)35-22-24(3)4)20-25-11-8-7-9-12-25/h7-15,17,19,21,24,29H,5-6,16,18,20,22-23H2,1-4H3,(H,35,38). The first-order chi connectivity index (χ1) is 19.3. The van der Waals surface area contributed by atoms with E-state index >= 15 is 0 Å². The van der Waals surface area contributed by atoms with E-state index in [-0.39, 0.29) is 30.7 Å². The molecule has 7 heteroatoms. The number of carbonyl (C=O) groups is 2. The summed E-state index contributed by atoms with van der Waals surface area (Å²) < 4.78 is 11.5. The molecule has 0 aromatic heterocycles. The minimum absolute atomic E-state index is 0.104. The van der Waals surface area contributed by atoms with Gasteiger partial charge in [-0.15, -0.1) is 0 Å². The number of benzene rings is 3. The lowest BCUT2D eigenvalue weighted by molar-refractivity contribution is -0.141. The molecule has 0 fully saturated rings. The fraction of sp³-hybridized carbons (Fsp3) is 0.394. The summed E-state index contributed by atoms with van der Waals surface area (Å²) in [5.41, 5.74) is 2.83. The molecule has 214 valence electrons. The Labute approximate surface area is 243 Å². The first-order valence-electron chi connectivity index (χ1n) is 14.0. The van der Waals surface area contributed by atoms with Crippen LogP contribution in [-0.4, -0.2) is 42.5 Å². The highest BCUT2D eigenvalue weighted by Gasteiger charge is 2.30. The molecule has 3 aromatic rings. The summed E-state index contributed by atoms with van der Waals surface area (Å²) in [5.74, 6) is 1.38. The van der Waals surface area contributed by atoms with Crippen LogP contribution in [0.2, 0.25) is 5.02 Å². The van der Waals surface area contributed by atoms with Crippen molar-refractivity contribution < 1.29 is 19.1 Å². The molecule has 3 aromatic carbocycles. The molecule has 0 aliphatic carbocycles. The summed E-state index contributed by atoms with van der Waals surface area (Å²) in [4.78, 5) is 29.2. The summed E-state index contributed by atoms with van der Waals surface area (Å²) in [6.07, 6.45) is 1.15. The number of halogens is 1. The van der Waals surface area contributed by atoms with E-state index in [4.69, 9.17) is 21.1 Å². The third-order valence-electron chi connectivity index (χ3n) is 6.43. The molecule has 0 aliphatic rings. The molecule has 0 aliphatic heterocycles. The number of amides is 2. The molecule has 1 atom stereocenters. The van der Waals surface area contributed by atoms with Gasteiger partial charge in [-0.2, -0.15) is 0 Å². The lowest BCUT2D eigenvalue weighted by Crippen LogP contribution is -2.51. The number of nitrogens with one attached hydrogen (secondary N) is 1. The topological polar surface area (TPSA) is 67.9 Å². The third-order valence-corrected chi connectivity index (χ3v) is 6.67. The quantitative estimate of drug-likeness (QED) is 0.229. The van der Waals surface area contributed by atoms with Crippen molar-refractivity contribution in [2.24, 2.45) is 5.92 Å². The molecule has 40 heavy (non-hydrogen) atoms. The first-order valence-corrected chi connectivity index (χ1v) is 14.4. The summed E-state index contributed by atoms with van der Waals surface area (Å²) >= 11 is 6.28.